The van der Waals surface area contributed by atoms with E-state index >= 15 is 0 Å². The minimum absolute atomic E-state index is 0.428. The van der Waals surface area contributed by atoms with Crippen LogP contribution in [0.4, 0.5) is 0 Å². The fourth-order valence-corrected chi connectivity index (χ4v) is 1.56. The van der Waals surface area contributed by atoms with Gasteiger partial charge in [0, 0.05) is 5.92 Å². The zero-order valence-electron chi connectivity index (χ0n) is 7.65. The SMILES string of the molecule is C=CC(Cc1ccccc1)C1CO1. The van der Waals surface area contributed by atoms with Crippen LogP contribution in [0.2, 0.25) is 0 Å². The topological polar surface area (TPSA) is 12.5 Å². The highest BCUT2D eigenvalue weighted by Crippen LogP contribution is 2.24. The summed E-state index contributed by atoms with van der Waals surface area (Å²) in [5, 5.41) is 0. The average Bonchev–Trinajstić information content (AvgIpc) is 2.99. The summed E-state index contributed by atoms with van der Waals surface area (Å²) in [5.41, 5.74) is 1.36. The molecule has 2 unspecified atom stereocenters. The lowest BCUT2D eigenvalue weighted by atomic mass is 9.97. The first-order valence-corrected chi connectivity index (χ1v) is 4.68. The van der Waals surface area contributed by atoms with Gasteiger partial charge in [-0.3, -0.25) is 0 Å². The van der Waals surface area contributed by atoms with E-state index in [1.165, 1.54) is 5.56 Å². The van der Waals surface area contributed by atoms with E-state index in [1.807, 2.05) is 12.1 Å². The van der Waals surface area contributed by atoms with Crippen molar-refractivity contribution in [1.29, 1.82) is 0 Å². The number of benzene rings is 1. The summed E-state index contributed by atoms with van der Waals surface area (Å²) >= 11 is 0. The Morgan fingerprint density at radius 2 is 2.15 bits per heavy atom. The van der Waals surface area contributed by atoms with Gasteiger partial charge in [0.15, 0.2) is 0 Å². The molecule has 1 heteroatoms. The van der Waals surface area contributed by atoms with Crippen molar-refractivity contribution in [3.8, 4) is 0 Å². The molecule has 1 saturated heterocycles. The summed E-state index contributed by atoms with van der Waals surface area (Å²) in [7, 11) is 0. The van der Waals surface area contributed by atoms with Crippen LogP contribution >= 0.6 is 0 Å². The molecule has 0 radical (unpaired) electrons. The number of hydrogen-bond donors (Lipinski definition) is 0. The lowest BCUT2D eigenvalue weighted by Gasteiger charge is -2.08. The molecule has 1 nitrogen and oxygen atoms in total. The van der Waals surface area contributed by atoms with Gasteiger partial charge in [0.05, 0.1) is 12.7 Å². The summed E-state index contributed by atoms with van der Waals surface area (Å²) in [5.74, 6) is 0.488. The van der Waals surface area contributed by atoms with E-state index in [0.29, 0.717) is 12.0 Å². The minimum Gasteiger partial charge on any atom is -0.372 e. The zero-order chi connectivity index (χ0) is 9.10. The molecule has 0 spiro atoms. The molecule has 0 saturated carbocycles. The van der Waals surface area contributed by atoms with Gasteiger partial charge in [-0.15, -0.1) is 6.58 Å². The number of rotatable bonds is 4. The van der Waals surface area contributed by atoms with E-state index in [4.69, 9.17) is 4.74 Å². The zero-order valence-corrected chi connectivity index (χ0v) is 7.65. The molecule has 2 rings (SSSR count). The van der Waals surface area contributed by atoms with Gasteiger partial charge in [-0.1, -0.05) is 36.4 Å². The maximum absolute atomic E-state index is 5.26. The minimum atomic E-state index is 0.428. The van der Waals surface area contributed by atoms with Gasteiger partial charge < -0.3 is 4.74 Å². The Bertz CT molecular complexity index is 274. The molecule has 0 aliphatic carbocycles. The van der Waals surface area contributed by atoms with E-state index in [1.54, 1.807) is 0 Å². The predicted molar refractivity (Wildman–Crippen MR) is 53.6 cm³/mol. The summed E-state index contributed by atoms with van der Waals surface area (Å²) in [6.45, 7) is 4.74. The number of epoxide rings is 1. The molecule has 1 aliphatic rings. The first kappa shape index (κ1) is 8.52. The van der Waals surface area contributed by atoms with Crippen LogP contribution in [0.25, 0.3) is 0 Å². The highest BCUT2D eigenvalue weighted by atomic mass is 16.6. The molecule has 68 valence electrons. The van der Waals surface area contributed by atoms with Crippen LogP contribution in [0, 0.1) is 5.92 Å². The second-order valence-corrected chi connectivity index (χ2v) is 3.46. The molecule has 2 atom stereocenters. The Balaban J connectivity index is 1.99. The maximum Gasteiger partial charge on any atom is 0.0875 e. The van der Waals surface area contributed by atoms with Crippen molar-refractivity contribution in [2.45, 2.75) is 12.5 Å². The lowest BCUT2D eigenvalue weighted by Crippen LogP contribution is -2.08. The number of ether oxygens (including phenoxy) is 1. The Kier molecular flexibility index (Phi) is 2.46. The van der Waals surface area contributed by atoms with E-state index in [9.17, 15) is 0 Å². The molecule has 0 bridgehead atoms. The molecule has 0 amide bonds. The first-order chi connectivity index (χ1) is 6.40. The fraction of sp³-hybridized carbons (Fsp3) is 0.333. The van der Waals surface area contributed by atoms with Gasteiger partial charge in [-0.25, -0.2) is 0 Å². The third kappa shape index (κ3) is 2.19. The molecule has 1 aromatic carbocycles. The third-order valence-electron chi connectivity index (χ3n) is 2.45. The first-order valence-electron chi connectivity index (χ1n) is 4.68. The van der Waals surface area contributed by atoms with Crippen molar-refractivity contribution < 1.29 is 4.74 Å². The van der Waals surface area contributed by atoms with Crippen molar-refractivity contribution >= 4 is 0 Å². The molecular formula is C12H14O. The van der Waals surface area contributed by atoms with Gasteiger partial charge in [0.2, 0.25) is 0 Å². The van der Waals surface area contributed by atoms with Crippen LogP contribution in [0.5, 0.6) is 0 Å². The molecule has 1 aromatic rings. The molecule has 1 aliphatic heterocycles. The predicted octanol–water partition coefficient (Wildman–Crippen LogP) is 2.43. The van der Waals surface area contributed by atoms with Crippen LogP contribution in [-0.2, 0) is 11.2 Å². The summed E-state index contributed by atoms with van der Waals surface area (Å²) in [6, 6.07) is 10.5. The Hall–Kier alpha value is -1.08. The van der Waals surface area contributed by atoms with Crippen LogP contribution in [0.15, 0.2) is 43.0 Å². The third-order valence-corrected chi connectivity index (χ3v) is 2.45. The monoisotopic (exact) mass is 174 g/mol. The quantitative estimate of drug-likeness (QED) is 0.504. The van der Waals surface area contributed by atoms with E-state index in [2.05, 4.69) is 30.8 Å². The van der Waals surface area contributed by atoms with Crippen LogP contribution in [0.3, 0.4) is 0 Å². The fourth-order valence-electron chi connectivity index (χ4n) is 1.56. The second kappa shape index (κ2) is 3.75. The van der Waals surface area contributed by atoms with Gasteiger partial charge in [0.1, 0.15) is 0 Å². The van der Waals surface area contributed by atoms with E-state index < -0.39 is 0 Å². The van der Waals surface area contributed by atoms with E-state index in [0.717, 1.165) is 13.0 Å². The largest absolute Gasteiger partial charge is 0.372 e. The molecule has 0 N–H and O–H groups in total. The van der Waals surface area contributed by atoms with Crippen molar-refractivity contribution in [3.63, 3.8) is 0 Å². The summed E-state index contributed by atoms with van der Waals surface area (Å²) < 4.78 is 5.26. The lowest BCUT2D eigenvalue weighted by molar-refractivity contribution is 0.359. The standard InChI is InChI=1S/C12H14O/c1-2-11(12-9-13-12)8-10-6-4-3-5-7-10/h2-7,11-12H,1,8-9H2. The van der Waals surface area contributed by atoms with Gasteiger partial charge in [0.25, 0.3) is 0 Å². The maximum atomic E-state index is 5.26. The summed E-state index contributed by atoms with van der Waals surface area (Å²) in [6.07, 6.45) is 3.48. The smallest absolute Gasteiger partial charge is 0.0875 e. The van der Waals surface area contributed by atoms with Crippen LogP contribution < -0.4 is 0 Å². The van der Waals surface area contributed by atoms with Crippen molar-refractivity contribution in [2.24, 2.45) is 5.92 Å². The van der Waals surface area contributed by atoms with Crippen LogP contribution in [-0.4, -0.2) is 12.7 Å². The second-order valence-electron chi connectivity index (χ2n) is 3.46. The van der Waals surface area contributed by atoms with Crippen molar-refractivity contribution in [2.75, 3.05) is 6.61 Å². The molecule has 1 fully saturated rings. The Morgan fingerprint density at radius 3 is 2.69 bits per heavy atom. The molecule has 1 heterocycles. The molecular weight excluding hydrogens is 160 g/mol. The Morgan fingerprint density at radius 1 is 1.46 bits per heavy atom. The normalized spacial score (nSPS) is 22.3. The highest BCUT2D eigenvalue weighted by Gasteiger charge is 2.30. The van der Waals surface area contributed by atoms with Gasteiger partial charge in [-0.05, 0) is 12.0 Å². The van der Waals surface area contributed by atoms with E-state index in [-0.39, 0.29) is 0 Å². The molecule has 13 heavy (non-hydrogen) atoms. The van der Waals surface area contributed by atoms with Crippen molar-refractivity contribution in [1.82, 2.24) is 0 Å². The number of hydrogen-bond acceptors (Lipinski definition) is 1. The summed E-state index contributed by atoms with van der Waals surface area (Å²) in [4.78, 5) is 0. The van der Waals surface area contributed by atoms with Gasteiger partial charge >= 0.3 is 0 Å². The highest BCUT2D eigenvalue weighted by molar-refractivity contribution is 5.17. The van der Waals surface area contributed by atoms with Crippen molar-refractivity contribution in [3.05, 3.63) is 48.6 Å². The van der Waals surface area contributed by atoms with Crippen LogP contribution in [0.1, 0.15) is 5.56 Å². The Labute approximate surface area is 79.0 Å². The molecule has 0 aromatic heterocycles. The van der Waals surface area contributed by atoms with Gasteiger partial charge in [-0.2, -0.15) is 0 Å². The average molecular weight is 174 g/mol.